The van der Waals surface area contributed by atoms with Gasteiger partial charge < -0.3 is 5.73 Å². The lowest BCUT2D eigenvalue weighted by Crippen LogP contribution is -1.95. The van der Waals surface area contributed by atoms with E-state index in [1.165, 1.54) is 5.57 Å². The molecular weight excluding hydrogens is 110 g/mol. The summed E-state index contributed by atoms with van der Waals surface area (Å²) in [4.78, 5) is 0. The molecule has 0 radical (unpaired) electrons. The average molecular weight is 125 g/mol. The third-order valence-electron chi connectivity index (χ3n) is 1.34. The fourth-order valence-corrected chi connectivity index (χ4v) is 0.447. The molecule has 0 heterocycles. The molecule has 9 heavy (non-hydrogen) atoms. The van der Waals surface area contributed by atoms with E-state index in [0.717, 1.165) is 0 Å². The summed E-state index contributed by atoms with van der Waals surface area (Å²) in [6.45, 7) is 8.56. The van der Waals surface area contributed by atoms with Crippen molar-refractivity contribution >= 4 is 0 Å². The Morgan fingerprint density at radius 2 is 2.33 bits per heavy atom. The van der Waals surface area contributed by atoms with Gasteiger partial charge in [-0.25, -0.2) is 0 Å². The summed E-state index contributed by atoms with van der Waals surface area (Å²) < 4.78 is 0. The molecule has 1 nitrogen and oxygen atoms in total. The molecule has 1 unspecified atom stereocenters. The lowest BCUT2D eigenvalue weighted by atomic mass is 10.0. The highest BCUT2D eigenvalue weighted by molar-refractivity contribution is 5.04. The lowest BCUT2D eigenvalue weighted by molar-refractivity contribution is 0.863. The van der Waals surface area contributed by atoms with Crippen LogP contribution in [0.25, 0.3) is 0 Å². The van der Waals surface area contributed by atoms with Crippen molar-refractivity contribution < 1.29 is 0 Å². The predicted molar refractivity (Wildman–Crippen MR) is 42.2 cm³/mol. The van der Waals surface area contributed by atoms with Gasteiger partial charge in [0.25, 0.3) is 0 Å². The molecule has 0 fully saturated rings. The van der Waals surface area contributed by atoms with Crippen LogP contribution >= 0.6 is 0 Å². The largest absolute Gasteiger partial charge is 0.327 e. The maximum Gasteiger partial charge on any atom is 0.0107 e. The molecule has 0 aromatic carbocycles. The van der Waals surface area contributed by atoms with Crippen LogP contribution < -0.4 is 5.73 Å². The lowest BCUT2D eigenvalue weighted by Gasteiger charge is -2.02. The molecule has 0 saturated carbocycles. The molecule has 2 N–H and O–H groups in total. The van der Waals surface area contributed by atoms with E-state index in [9.17, 15) is 0 Å². The molecule has 1 atom stereocenters. The zero-order valence-corrected chi connectivity index (χ0v) is 6.22. The molecule has 0 aliphatic rings. The van der Waals surface area contributed by atoms with E-state index in [0.29, 0.717) is 12.5 Å². The van der Waals surface area contributed by atoms with Crippen LogP contribution in [0, 0.1) is 5.92 Å². The highest BCUT2D eigenvalue weighted by Crippen LogP contribution is 2.06. The smallest absolute Gasteiger partial charge is 0.0107 e. The summed E-state index contributed by atoms with van der Waals surface area (Å²) in [7, 11) is 0. The van der Waals surface area contributed by atoms with Crippen molar-refractivity contribution in [2.75, 3.05) is 6.54 Å². The minimum Gasteiger partial charge on any atom is -0.327 e. The third-order valence-corrected chi connectivity index (χ3v) is 1.34. The predicted octanol–water partition coefficient (Wildman–Crippen LogP) is 1.71. The first kappa shape index (κ1) is 8.44. The number of hydrogen-bond donors (Lipinski definition) is 1. The van der Waals surface area contributed by atoms with Crippen LogP contribution in [0.2, 0.25) is 0 Å². The van der Waals surface area contributed by atoms with Crippen LogP contribution in [0.15, 0.2) is 24.3 Å². The fourth-order valence-electron chi connectivity index (χ4n) is 0.447. The second-order valence-corrected chi connectivity index (χ2v) is 2.30. The standard InChI is InChI=1S/C8H15N/c1-7(2)8(3)5-4-6-9/h4-5,8H,1,6,9H2,2-3H3. The first-order valence-electron chi connectivity index (χ1n) is 3.20. The molecule has 0 bridgehead atoms. The first-order valence-corrected chi connectivity index (χ1v) is 3.20. The van der Waals surface area contributed by atoms with Crippen LogP contribution in [0.5, 0.6) is 0 Å². The summed E-state index contributed by atoms with van der Waals surface area (Å²) in [5.74, 6) is 0.466. The Kier molecular flexibility index (Phi) is 4.06. The Hall–Kier alpha value is -0.560. The topological polar surface area (TPSA) is 26.0 Å². The Morgan fingerprint density at radius 1 is 1.78 bits per heavy atom. The maximum absolute atomic E-state index is 5.26. The highest BCUT2D eigenvalue weighted by Gasteiger charge is 1.93. The maximum atomic E-state index is 5.26. The van der Waals surface area contributed by atoms with Crippen molar-refractivity contribution in [3.8, 4) is 0 Å². The molecule has 0 amide bonds. The summed E-state index contributed by atoms with van der Waals surface area (Å²) in [6.07, 6.45) is 4.03. The second-order valence-electron chi connectivity index (χ2n) is 2.30. The first-order chi connectivity index (χ1) is 4.18. The van der Waals surface area contributed by atoms with Gasteiger partial charge in [0.2, 0.25) is 0 Å². The monoisotopic (exact) mass is 125 g/mol. The zero-order valence-electron chi connectivity index (χ0n) is 6.22. The van der Waals surface area contributed by atoms with Crippen molar-refractivity contribution in [1.82, 2.24) is 0 Å². The Balaban J connectivity index is 3.62. The number of allylic oxidation sites excluding steroid dienone is 2. The van der Waals surface area contributed by atoms with Gasteiger partial charge >= 0.3 is 0 Å². The van der Waals surface area contributed by atoms with Gasteiger partial charge in [-0.05, 0) is 12.8 Å². The quantitative estimate of drug-likeness (QED) is 0.571. The third kappa shape index (κ3) is 3.98. The molecule has 0 aromatic rings. The fraction of sp³-hybridized carbons (Fsp3) is 0.500. The van der Waals surface area contributed by atoms with Crippen LogP contribution in [-0.2, 0) is 0 Å². The van der Waals surface area contributed by atoms with E-state index < -0.39 is 0 Å². The van der Waals surface area contributed by atoms with Crippen molar-refractivity contribution in [2.45, 2.75) is 13.8 Å². The summed E-state index contributed by atoms with van der Waals surface area (Å²) in [5, 5.41) is 0. The van der Waals surface area contributed by atoms with E-state index in [1.807, 2.05) is 13.0 Å². The van der Waals surface area contributed by atoms with Gasteiger partial charge in [0.05, 0.1) is 0 Å². The Morgan fingerprint density at radius 3 is 2.67 bits per heavy atom. The number of nitrogens with two attached hydrogens (primary N) is 1. The van der Waals surface area contributed by atoms with E-state index >= 15 is 0 Å². The highest BCUT2D eigenvalue weighted by atomic mass is 14.5. The van der Waals surface area contributed by atoms with Gasteiger partial charge in [-0.2, -0.15) is 0 Å². The van der Waals surface area contributed by atoms with Crippen LogP contribution in [0.4, 0.5) is 0 Å². The van der Waals surface area contributed by atoms with Gasteiger partial charge in [-0.1, -0.05) is 31.2 Å². The molecule has 52 valence electrons. The summed E-state index contributed by atoms with van der Waals surface area (Å²) in [6, 6.07) is 0. The minimum absolute atomic E-state index is 0.466. The van der Waals surface area contributed by atoms with E-state index in [4.69, 9.17) is 5.73 Å². The normalized spacial score (nSPS) is 14.1. The Labute approximate surface area is 57.3 Å². The van der Waals surface area contributed by atoms with Gasteiger partial charge in [0.1, 0.15) is 0 Å². The summed E-state index contributed by atoms with van der Waals surface area (Å²) in [5.41, 5.74) is 6.44. The summed E-state index contributed by atoms with van der Waals surface area (Å²) >= 11 is 0. The molecule has 1 heteroatoms. The van der Waals surface area contributed by atoms with Crippen molar-refractivity contribution in [2.24, 2.45) is 11.7 Å². The van der Waals surface area contributed by atoms with Crippen LogP contribution in [-0.4, -0.2) is 6.54 Å². The van der Waals surface area contributed by atoms with E-state index in [2.05, 4.69) is 19.6 Å². The molecule has 0 rings (SSSR count). The van der Waals surface area contributed by atoms with E-state index in [-0.39, 0.29) is 0 Å². The molecule has 0 saturated heterocycles. The minimum atomic E-state index is 0.466. The van der Waals surface area contributed by atoms with Gasteiger partial charge in [-0.3, -0.25) is 0 Å². The zero-order chi connectivity index (χ0) is 7.28. The Bertz CT molecular complexity index is 114. The SMILES string of the molecule is C=C(C)C(C)C=CCN. The number of hydrogen-bond acceptors (Lipinski definition) is 1. The second kappa shape index (κ2) is 4.33. The van der Waals surface area contributed by atoms with Gasteiger partial charge in [-0.15, -0.1) is 0 Å². The molecule has 0 aliphatic heterocycles. The molecule has 0 aromatic heterocycles. The van der Waals surface area contributed by atoms with Gasteiger partial charge in [0.15, 0.2) is 0 Å². The molecular formula is C8H15N. The van der Waals surface area contributed by atoms with Crippen LogP contribution in [0.3, 0.4) is 0 Å². The molecule has 0 aliphatic carbocycles. The van der Waals surface area contributed by atoms with E-state index in [1.54, 1.807) is 0 Å². The van der Waals surface area contributed by atoms with Crippen molar-refractivity contribution in [3.63, 3.8) is 0 Å². The van der Waals surface area contributed by atoms with Gasteiger partial charge in [0, 0.05) is 6.54 Å². The van der Waals surface area contributed by atoms with Crippen LogP contribution in [0.1, 0.15) is 13.8 Å². The average Bonchev–Trinajstić information content (AvgIpc) is 1.82. The van der Waals surface area contributed by atoms with Crippen molar-refractivity contribution in [3.05, 3.63) is 24.3 Å². The van der Waals surface area contributed by atoms with Crippen molar-refractivity contribution in [1.29, 1.82) is 0 Å². The molecule has 0 spiro atoms. The number of rotatable bonds is 3.